The van der Waals surface area contributed by atoms with E-state index in [9.17, 15) is 14.7 Å². The average Bonchev–Trinajstić information content (AvgIpc) is 2.59. The molecule has 25 heavy (non-hydrogen) atoms. The number of alkyl halides is 1. The molecule has 1 unspecified atom stereocenters. The van der Waals surface area contributed by atoms with Crippen LogP contribution in [0.1, 0.15) is 18.1 Å². The van der Waals surface area contributed by atoms with Gasteiger partial charge in [0.1, 0.15) is 0 Å². The monoisotopic (exact) mass is 444 g/mol. The molecule has 1 atom stereocenters. The molecule has 0 spiro atoms. The highest BCUT2D eigenvalue weighted by molar-refractivity contribution is 9.10. The Morgan fingerprint density at radius 3 is 1.72 bits per heavy atom. The fourth-order valence-corrected chi connectivity index (χ4v) is 2.49. The summed E-state index contributed by atoms with van der Waals surface area (Å²) in [6, 6.07) is 12.4. The highest BCUT2D eigenvalue weighted by Crippen LogP contribution is 2.31. The number of hydrogen-bond donors (Lipinski definition) is 3. The van der Waals surface area contributed by atoms with Crippen LogP contribution in [0.2, 0.25) is 10.0 Å². The summed E-state index contributed by atoms with van der Waals surface area (Å²) >= 11 is 14.9. The Morgan fingerprint density at radius 1 is 0.960 bits per heavy atom. The Bertz CT molecular complexity index is 719. The van der Waals surface area contributed by atoms with Gasteiger partial charge in [0, 0.05) is 10.0 Å². The van der Waals surface area contributed by atoms with Gasteiger partial charge >= 0.3 is 0 Å². The molecule has 8 heteroatoms. The molecule has 0 heterocycles. The average molecular weight is 446 g/mol. The minimum Gasteiger partial charge on any atom is -0.372 e. The topological polar surface area (TPSA) is 78.4 Å². The number of aliphatic hydroxyl groups is 1. The molecule has 0 saturated carbocycles. The zero-order valence-electron chi connectivity index (χ0n) is 13.1. The van der Waals surface area contributed by atoms with Crippen molar-refractivity contribution in [2.75, 3.05) is 0 Å². The molecule has 0 radical (unpaired) electrons. The first-order valence-corrected chi connectivity index (χ1v) is 8.91. The van der Waals surface area contributed by atoms with Gasteiger partial charge in [0.25, 0.3) is 11.8 Å². The Morgan fingerprint density at radius 2 is 1.36 bits per heavy atom. The molecule has 0 aliphatic carbocycles. The van der Waals surface area contributed by atoms with E-state index in [1.807, 2.05) is 0 Å². The Labute approximate surface area is 163 Å². The Balaban J connectivity index is 2.41. The van der Waals surface area contributed by atoms with Crippen LogP contribution < -0.4 is 10.9 Å². The zero-order valence-corrected chi connectivity index (χ0v) is 16.2. The second-order valence-electron chi connectivity index (χ2n) is 5.28. The fourth-order valence-electron chi connectivity index (χ4n) is 2.12. The third-order valence-corrected chi connectivity index (χ3v) is 4.43. The summed E-state index contributed by atoms with van der Waals surface area (Å²) in [7, 11) is 0. The van der Waals surface area contributed by atoms with Crippen molar-refractivity contribution in [3.8, 4) is 0 Å². The Hall–Kier alpha value is -1.60. The van der Waals surface area contributed by atoms with Crippen LogP contribution in [0.3, 0.4) is 0 Å². The van der Waals surface area contributed by atoms with Crippen molar-refractivity contribution in [2.24, 2.45) is 0 Å². The van der Waals surface area contributed by atoms with Crippen molar-refractivity contribution in [3.63, 3.8) is 0 Å². The second kappa shape index (κ2) is 8.19. The molecule has 0 bridgehead atoms. The van der Waals surface area contributed by atoms with Crippen LogP contribution in [0.15, 0.2) is 48.5 Å². The zero-order chi connectivity index (χ0) is 18.6. The van der Waals surface area contributed by atoms with Crippen LogP contribution >= 0.6 is 39.1 Å². The number of halogens is 3. The normalized spacial score (nSPS) is 12.4. The third kappa shape index (κ3) is 4.52. The van der Waals surface area contributed by atoms with E-state index in [1.54, 1.807) is 31.2 Å². The van der Waals surface area contributed by atoms with Gasteiger partial charge in [-0.3, -0.25) is 20.4 Å². The van der Waals surface area contributed by atoms with Gasteiger partial charge in [-0.25, -0.2) is 0 Å². The number of hydrazine groups is 1. The van der Waals surface area contributed by atoms with Gasteiger partial charge in [-0.1, -0.05) is 63.4 Å². The van der Waals surface area contributed by atoms with Crippen LogP contribution in [0.25, 0.3) is 0 Å². The molecule has 2 aromatic rings. The molecule has 5 nitrogen and oxygen atoms in total. The van der Waals surface area contributed by atoms with Gasteiger partial charge < -0.3 is 5.11 Å². The number of hydrogen-bond acceptors (Lipinski definition) is 3. The van der Waals surface area contributed by atoms with Crippen LogP contribution in [0.4, 0.5) is 0 Å². The van der Waals surface area contributed by atoms with Crippen LogP contribution in [-0.2, 0) is 15.2 Å². The quantitative estimate of drug-likeness (QED) is 0.499. The summed E-state index contributed by atoms with van der Waals surface area (Å²) < 4.78 is 0. The molecule has 0 aliphatic heterocycles. The lowest BCUT2D eigenvalue weighted by molar-refractivity contribution is -0.140. The van der Waals surface area contributed by atoms with Crippen LogP contribution in [0, 0.1) is 0 Å². The van der Waals surface area contributed by atoms with Crippen molar-refractivity contribution < 1.29 is 14.7 Å². The van der Waals surface area contributed by atoms with E-state index in [4.69, 9.17) is 23.2 Å². The summed E-state index contributed by atoms with van der Waals surface area (Å²) in [5.41, 5.74) is 3.03. The molecule has 2 amide bonds. The fraction of sp³-hybridized carbons (Fsp3) is 0.176. The van der Waals surface area contributed by atoms with Gasteiger partial charge in [0.05, 0.1) is 4.83 Å². The van der Waals surface area contributed by atoms with Crippen LogP contribution in [-0.4, -0.2) is 21.7 Å². The van der Waals surface area contributed by atoms with E-state index in [0.29, 0.717) is 10.0 Å². The summed E-state index contributed by atoms with van der Waals surface area (Å²) in [6.45, 7) is 1.60. The first-order valence-electron chi connectivity index (χ1n) is 7.24. The predicted octanol–water partition coefficient (Wildman–Crippen LogP) is 3.16. The number of rotatable bonds is 4. The number of amides is 2. The van der Waals surface area contributed by atoms with E-state index in [-0.39, 0.29) is 11.1 Å². The third-order valence-electron chi connectivity index (χ3n) is 3.51. The van der Waals surface area contributed by atoms with E-state index >= 15 is 0 Å². The summed E-state index contributed by atoms with van der Waals surface area (Å²) in [4.78, 5) is 23.8. The lowest BCUT2D eigenvalue weighted by Gasteiger charge is -2.28. The standard InChI is InChI=1S/C17H15BrCl2N2O3/c1-10(18)15(23)21-22-16(24)17(25,11-2-6-13(19)7-3-11)12-4-8-14(20)9-5-12/h2-10,25H,1H3,(H,21,23)(H,22,24). The molecule has 3 N–H and O–H groups in total. The lowest BCUT2D eigenvalue weighted by atomic mass is 9.85. The van der Waals surface area contributed by atoms with Crippen molar-refractivity contribution >= 4 is 50.9 Å². The summed E-state index contributed by atoms with van der Waals surface area (Å²) in [6.07, 6.45) is 0. The molecule has 0 aliphatic rings. The highest BCUT2D eigenvalue weighted by Gasteiger charge is 2.40. The number of carbonyl (C=O) groups excluding carboxylic acids is 2. The number of nitrogens with one attached hydrogen (secondary N) is 2. The van der Waals surface area contributed by atoms with Crippen molar-refractivity contribution in [1.29, 1.82) is 0 Å². The van der Waals surface area contributed by atoms with E-state index in [2.05, 4.69) is 26.8 Å². The maximum Gasteiger partial charge on any atom is 0.279 e. The maximum absolute atomic E-state index is 12.7. The number of carbonyl (C=O) groups is 2. The first kappa shape index (κ1) is 19.7. The van der Waals surface area contributed by atoms with Gasteiger partial charge in [-0.2, -0.15) is 0 Å². The smallest absolute Gasteiger partial charge is 0.279 e. The highest BCUT2D eigenvalue weighted by atomic mass is 79.9. The maximum atomic E-state index is 12.7. The molecule has 0 fully saturated rings. The summed E-state index contributed by atoms with van der Waals surface area (Å²) in [5.74, 6) is -1.28. The molecule has 2 rings (SSSR count). The van der Waals surface area contributed by atoms with E-state index < -0.39 is 22.2 Å². The van der Waals surface area contributed by atoms with Gasteiger partial charge in [-0.15, -0.1) is 0 Å². The minimum absolute atomic E-state index is 0.290. The molecular formula is C17H15BrCl2N2O3. The molecule has 0 saturated heterocycles. The van der Waals surface area contributed by atoms with Crippen LogP contribution in [0.5, 0.6) is 0 Å². The largest absolute Gasteiger partial charge is 0.372 e. The SMILES string of the molecule is CC(Br)C(=O)NNC(=O)C(O)(c1ccc(Cl)cc1)c1ccc(Cl)cc1. The predicted molar refractivity (Wildman–Crippen MR) is 101 cm³/mol. The van der Waals surface area contributed by atoms with Crippen molar-refractivity contribution in [2.45, 2.75) is 17.4 Å². The van der Waals surface area contributed by atoms with Crippen molar-refractivity contribution in [1.82, 2.24) is 10.9 Å². The van der Waals surface area contributed by atoms with Gasteiger partial charge in [0.15, 0.2) is 5.60 Å². The first-order chi connectivity index (χ1) is 11.7. The Kier molecular flexibility index (Phi) is 6.46. The molecule has 0 aromatic heterocycles. The second-order valence-corrected chi connectivity index (χ2v) is 7.53. The van der Waals surface area contributed by atoms with E-state index in [1.165, 1.54) is 24.3 Å². The lowest BCUT2D eigenvalue weighted by Crippen LogP contribution is -2.53. The molecule has 2 aromatic carbocycles. The van der Waals surface area contributed by atoms with E-state index in [0.717, 1.165) is 0 Å². The minimum atomic E-state index is -2.04. The van der Waals surface area contributed by atoms with Crippen molar-refractivity contribution in [3.05, 3.63) is 69.7 Å². The molecule has 132 valence electrons. The number of benzene rings is 2. The van der Waals surface area contributed by atoms with Gasteiger partial charge in [-0.05, 0) is 42.3 Å². The summed E-state index contributed by atoms with van der Waals surface area (Å²) in [5, 5.41) is 12.1. The van der Waals surface area contributed by atoms with Gasteiger partial charge in [0.2, 0.25) is 0 Å². The molecular weight excluding hydrogens is 431 g/mol.